The number of carbonyl (C=O) groups excluding carboxylic acids is 2. The molecule has 0 aliphatic carbocycles. The van der Waals surface area contributed by atoms with Crippen LogP contribution in [0.1, 0.15) is 17.3 Å². The lowest BCUT2D eigenvalue weighted by atomic mass is 10.2. The molecule has 0 bridgehead atoms. The van der Waals surface area contributed by atoms with Crippen LogP contribution in [-0.2, 0) is 9.53 Å². The number of hydrogen-bond acceptors (Lipinski definition) is 5. The summed E-state index contributed by atoms with van der Waals surface area (Å²) < 4.78 is 10.3. The van der Waals surface area contributed by atoms with Gasteiger partial charge >= 0.3 is 5.97 Å². The summed E-state index contributed by atoms with van der Waals surface area (Å²) in [5, 5.41) is 2.96. The normalized spacial score (nSPS) is 11.5. The molecular weight excluding hydrogens is 362 g/mol. The van der Waals surface area contributed by atoms with Gasteiger partial charge in [0.05, 0.1) is 17.7 Å². The zero-order chi connectivity index (χ0) is 18.4. The van der Waals surface area contributed by atoms with E-state index in [1.165, 1.54) is 18.7 Å². The van der Waals surface area contributed by atoms with Crippen molar-refractivity contribution < 1.29 is 19.1 Å². The van der Waals surface area contributed by atoms with E-state index in [0.717, 1.165) is 4.90 Å². The highest BCUT2D eigenvalue weighted by atomic mass is 35.5. The van der Waals surface area contributed by atoms with Gasteiger partial charge in [0, 0.05) is 10.6 Å². The second-order valence-electron chi connectivity index (χ2n) is 5.11. The van der Waals surface area contributed by atoms with Gasteiger partial charge < -0.3 is 14.8 Å². The minimum absolute atomic E-state index is 0.234. The molecule has 1 amide bonds. The van der Waals surface area contributed by atoms with E-state index in [1.54, 1.807) is 43.5 Å². The van der Waals surface area contributed by atoms with Crippen LogP contribution in [-0.4, -0.2) is 31.3 Å². The Hall–Kier alpha value is -2.18. The van der Waals surface area contributed by atoms with E-state index in [4.69, 9.17) is 21.1 Å². The van der Waals surface area contributed by atoms with E-state index in [0.29, 0.717) is 11.4 Å². The first-order valence-electron chi connectivity index (χ1n) is 7.44. The van der Waals surface area contributed by atoms with Crippen molar-refractivity contribution in [3.63, 3.8) is 0 Å². The highest BCUT2D eigenvalue weighted by molar-refractivity contribution is 7.98. The molecule has 1 unspecified atom stereocenters. The van der Waals surface area contributed by atoms with Gasteiger partial charge in [-0.2, -0.15) is 0 Å². The summed E-state index contributed by atoms with van der Waals surface area (Å²) in [6, 6.07) is 11.9. The Morgan fingerprint density at radius 3 is 2.44 bits per heavy atom. The maximum Gasteiger partial charge on any atom is 0.340 e. The number of nitrogens with one attached hydrogen (secondary N) is 1. The average Bonchev–Trinajstić information content (AvgIpc) is 2.62. The fraction of sp³-hybridized carbons (Fsp3) is 0.222. The molecule has 0 radical (unpaired) electrons. The Bertz CT molecular complexity index is 764. The summed E-state index contributed by atoms with van der Waals surface area (Å²) in [7, 11) is 1.56. The minimum Gasteiger partial charge on any atom is -0.497 e. The van der Waals surface area contributed by atoms with Gasteiger partial charge in [0.15, 0.2) is 6.10 Å². The van der Waals surface area contributed by atoms with E-state index >= 15 is 0 Å². The molecule has 0 aliphatic rings. The van der Waals surface area contributed by atoms with Crippen molar-refractivity contribution >= 4 is 40.9 Å². The van der Waals surface area contributed by atoms with Gasteiger partial charge in [-0.3, -0.25) is 4.79 Å². The van der Waals surface area contributed by atoms with Crippen LogP contribution in [0.5, 0.6) is 5.75 Å². The topological polar surface area (TPSA) is 64.6 Å². The summed E-state index contributed by atoms with van der Waals surface area (Å²) >= 11 is 7.53. The fourth-order valence-electron chi connectivity index (χ4n) is 1.98. The van der Waals surface area contributed by atoms with Crippen LogP contribution in [0.15, 0.2) is 47.4 Å². The van der Waals surface area contributed by atoms with Gasteiger partial charge in [-0.15, -0.1) is 11.8 Å². The van der Waals surface area contributed by atoms with Gasteiger partial charge in [-0.25, -0.2) is 4.79 Å². The lowest BCUT2D eigenvalue weighted by molar-refractivity contribution is -0.123. The molecule has 0 heterocycles. The van der Waals surface area contributed by atoms with Crippen molar-refractivity contribution in [2.75, 3.05) is 18.7 Å². The zero-order valence-corrected chi connectivity index (χ0v) is 15.6. The SMILES string of the molecule is COc1ccc(NC(=O)C(C)OC(=O)c2cc(SC)ccc2Cl)cc1. The predicted molar refractivity (Wildman–Crippen MR) is 99.7 cm³/mol. The number of carbonyl (C=O) groups is 2. The van der Waals surface area contributed by atoms with Gasteiger partial charge in [-0.05, 0) is 55.6 Å². The smallest absolute Gasteiger partial charge is 0.340 e. The first-order valence-corrected chi connectivity index (χ1v) is 9.04. The summed E-state index contributed by atoms with van der Waals surface area (Å²) in [4.78, 5) is 25.3. The monoisotopic (exact) mass is 379 g/mol. The second-order valence-corrected chi connectivity index (χ2v) is 6.40. The van der Waals surface area contributed by atoms with Crippen LogP contribution in [0, 0.1) is 0 Å². The molecule has 2 rings (SSSR count). The Balaban J connectivity index is 2.01. The van der Waals surface area contributed by atoms with E-state index in [2.05, 4.69) is 5.32 Å². The summed E-state index contributed by atoms with van der Waals surface area (Å²) in [5.41, 5.74) is 0.814. The van der Waals surface area contributed by atoms with E-state index < -0.39 is 18.0 Å². The van der Waals surface area contributed by atoms with Crippen LogP contribution in [0.3, 0.4) is 0 Å². The number of ether oxygens (including phenoxy) is 2. The number of esters is 1. The molecule has 0 aromatic heterocycles. The van der Waals surface area contributed by atoms with Crippen molar-refractivity contribution in [2.24, 2.45) is 0 Å². The van der Waals surface area contributed by atoms with Gasteiger partial charge in [0.25, 0.3) is 5.91 Å². The molecule has 0 spiro atoms. The molecule has 0 aliphatic heterocycles. The van der Waals surface area contributed by atoms with Crippen molar-refractivity contribution in [2.45, 2.75) is 17.9 Å². The van der Waals surface area contributed by atoms with Crippen LogP contribution in [0.25, 0.3) is 0 Å². The molecule has 1 N–H and O–H groups in total. The van der Waals surface area contributed by atoms with Gasteiger partial charge in [-0.1, -0.05) is 11.6 Å². The molecule has 132 valence electrons. The molecule has 0 saturated carbocycles. The van der Waals surface area contributed by atoms with Gasteiger partial charge in [0.1, 0.15) is 5.75 Å². The first kappa shape index (κ1) is 19.1. The molecule has 7 heteroatoms. The molecule has 2 aromatic carbocycles. The Morgan fingerprint density at radius 2 is 1.84 bits per heavy atom. The summed E-state index contributed by atoms with van der Waals surface area (Å²) in [6.45, 7) is 1.50. The van der Waals surface area contributed by atoms with E-state index in [9.17, 15) is 9.59 Å². The molecule has 25 heavy (non-hydrogen) atoms. The standard InChI is InChI=1S/C18H18ClNO4S/c1-11(17(21)20-12-4-6-13(23-2)7-5-12)24-18(22)15-10-14(25-3)8-9-16(15)19/h4-11H,1-3H3,(H,20,21). The van der Waals surface area contributed by atoms with Crippen LogP contribution < -0.4 is 10.1 Å². The average molecular weight is 380 g/mol. The third-order valence-corrected chi connectivity index (χ3v) is 4.46. The maximum atomic E-state index is 12.3. The number of thioether (sulfide) groups is 1. The molecule has 0 fully saturated rings. The first-order chi connectivity index (χ1) is 11.9. The largest absolute Gasteiger partial charge is 0.497 e. The molecular formula is C18H18ClNO4S. The Morgan fingerprint density at radius 1 is 1.16 bits per heavy atom. The van der Waals surface area contributed by atoms with Crippen LogP contribution in [0.2, 0.25) is 5.02 Å². The summed E-state index contributed by atoms with van der Waals surface area (Å²) in [6.07, 6.45) is 0.923. The van der Waals surface area contributed by atoms with Crippen molar-refractivity contribution in [1.29, 1.82) is 0 Å². The van der Waals surface area contributed by atoms with Gasteiger partial charge in [0.2, 0.25) is 0 Å². The van der Waals surface area contributed by atoms with E-state index in [1.807, 2.05) is 12.3 Å². The lowest BCUT2D eigenvalue weighted by Gasteiger charge is -2.14. The lowest BCUT2D eigenvalue weighted by Crippen LogP contribution is -2.30. The predicted octanol–water partition coefficient (Wildman–Crippen LogP) is 4.25. The molecule has 5 nitrogen and oxygen atoms in total. The number of halogens is 1. The number of benzene rings is 2. The second kappa shape index (κ2) is 8.78. The van der Waals surface area contributed by atoms with Crippen molar-refractivity contribution in [3.8, 4) is 5.75 Å². The highest BCUT2D eigenvalue weighted by Gasteiger charge is 2.21. The minimum atomic E-state index is -0.969. The highest BCUT2D eigenvalue weighted by Crippen LogP contribution is 2.24. The van der Waals surface area contributed by atoms with Crippen LogP contribution >= 0.6 is 23.4 Å². The van der Waals surface area contributed by atoms with E-state index in [-0.39, 0.29) is 10.6 Å². The molecule has 2 aromatic rings. The molecule has 1 atom stereocenters. The molecule has 0 saturated heterocycles. The number of methoxy groups -OCH3 is 1. The Kier molecular flexibility index (Phi) is 6.73. The third kappa shape index (κ3) is 5.14. The summed E-state index contributed by atoms with van der Waals surface area (Å²) in [5.74, 6) is -0.394. The maximum absolute atomic E-state index is 12.3. The van der Waals surface area contributed by atoms with Crippen molar-refractivity contribution in [3.05, 3.63) is 53.1 Å². The zero-order valence-electron chi connectivity index (χ0n) is 14.0. The quantitative estimate of drug-likeness (QED) is 0.600. The van der Waals surface area contributed by atoms with Crippen LogP contribution in [0.4, 0.5) is 5.69 Å². The Labute approximate surface area is 155 Å². The number of amides is 1. The number of rotatable bonds is 6. The third-order valence-electron chi connectivity index (χ3n) is 3.40. The van der Waals surface area contributed by atoms with Crippen molar-refractivity contribution in [1.82, 2.24) is 0 Å². The number of anilines is 1. The fourth-order valence-corrected chi connectivity index (χ4v) is 2.62. The number of hydrogen-bond donors (Lipinski definition) is 1.